The van der Waals surface area contributed by atoms with Crippen molar-refractivity contribution in [1.82, 2.24) is 15.1 Å². The molecule has 2 amide bonds. The summed E-state index contributed by atoms with van der Waals surface area (Å²) in [6, 6.07) is 0.474. The minimum atomic E-state index is 0.231. The van der Waals surface area contributed by atoms with Crippen LogP contribution < -0.4 is 5.32 Å². The molecule has 5 heteroatoms. The van der Waals surface area contributed by atoms with Crippen molar-refractivity contribution in [2.45, 2.75) is 45.6 Å². The summed E-state index contributed by atoms with van der Waals surface area (Å²) in [6.45, 7) is 7.94. The van der Waals surface area contributed by atoms with E-state index in [0.717, 1.165) is 25.8 Å². The molecule has 1 aliphatic heterocycles. The molecule has 5 nitrogen and oxygen atoms in total. The van der Waals surface area contributed by atoms with Crippen LogP contribution in [0.2, 0.25) is 0 Å². The van der Waals surface area contributed by atoms with E-state index in [9.17, 15) is 9.59 Å². The largest absolute Gasteiger partial charge is 0.339 e. The van der Waals surface area contributed by atoms with Crippen LogP contribution in [0.1, 0.15) is 39.5 Å². The molecule has 114 valence electrons. The Labute approximate surface area is 121 Å². The molecular weight excluding hydrogens is 254 g/mol. The summed E-state index contributed by atoms with van der Waals surface area (Å²) in [6.07, 6.45) is 3.61. The molecule has 0 aromatic carbocycles. The van der Waals surface area contributed by atoms with Crippen molar-refractivity contribution in [1.29, 1.82) is 0 Å². The van der Waals surface area contributed by atoms with Gasteiger partial charge in [-0.25, -0.2) is 0 Å². The van der Waals surface area contributed by atoms with Gasteiger partial charge < -0.3 is 15.1 Å². The molecule has 0 aromatic rings. The van der Waals surface area contributed by atoms with Crippen molar-refractivity contribution in [3.8, 4) is 0 Å². The number of amides is 2. The number of carbonyl (C=O) groups is 2. The molecule has 20 heavy (non-hydrogen) atoms. The van der Waals surface area contributed by atoms with E-state index in [-0.39, 0.29) is 5.91 Å². The minimum Gasteiger partial charge on any atom is -0.339 e. The van der Waals surface area contributed by atoms with Gasteiger partial charge in [0.05, 0.1) is 0 Å². The molecule has 0 atom stereocenters. The van der Waals surface area contributed by atoms with E-state index >= 15 is 0 Å². The number of nitrogens with one attached hydrogen (secondary N) is 1. The maximum atomic E-state index is 12.1. The van der Waals surface area contributed by atoms with Gasteiger partial charge >= 0.3 is 0 Å². The number of hydrogen-bond acceptors (Lipinski definition) is 3. The van der Waals surface area contributed by atoms with Gasteiger partial charge in [0.15, 0.2) is 0 Å². The first-order valence-electron chi connectivity index (χ1n) is 7.88. The van der Waals surface area contributed by atoms with Gasteiger partial charge in [-0.1, -0.05) is 13.8 Å². The summed E-state index contributed by atoms with van der Waals surface area (Å²) >= 11 is 0. The van der Waals surface area contributed by atoms with Gasteiger partial charge in [-0.05, 0) is 25.8 Å². The molecule has 1 N–H and O–H groups in total. The van der Waals surface area contributed by atoms with Crippen molar-refractivity contribution in [2.24, 2.45) is 5.92 Å². The molecule has 1 heterocycles. The topological polar surface area (TPSA) is 52.7 Å². The lowest BCUT2D eigenvalue weighted by Crippen LogP contribution is -2.51. The predicted octanol–water partition coefficient (Wildman–Crippen LogP) is 0.845. The van der Waals surface area contributed by atoms with Crippen molar-refractivity contribution >= 4 is 11.8 Å². The Kier molecular flexibility index (Phi) is 5.40. The number of nitrogens with zero attached hydrogens (tertiary/aromatic N) is 2. The Balaban J connectivity index is 1.62. The summed E-state index contributed by atoms with van der Waals surface area (Å²) in [5, 5.41) is 3.32. The predicted molar refractivity (Wildman–Crippen MR) is 78.3 cm³/mol. The van der Waals surface area contributed by atoms with Gasteiger partial charge in [-0.3, -0.25) is 9.59 Å². The number of carbonyl (C=O) groups excluding carboxylic acids is 2. The minimum absolute atomic E-state index is 0.231. The third-order valence-corrected chi connectivity index (χ3v) is 3.99. The lowest BCUT2D eigenvalue weighted by atomic mass is 10.2. The zero-order valence-electron chi connectivity index (χ0n) is 12.7. The highest BCUT2D eigenvalue weighted by Gasteiger charge is 2.34. The standard InChI is InChI=1S/C15H27N3O2/c1-12(2)16-7-3-4-14(19)17-8-10-18(11-9-17)15(20)13-5-6-13/h12-13,16H,3-11H2,1-2H3. The zero-order chi connectivity index (χ0) is 14.5. The highest BCUT2D eigenvalue weighted by molar-refractivity contribution is 5.81. The highest BCUT2D eigenvalue weighted by atomic mass is 16.2. The average Bonchev–Trinajstić information content (AvgIpc) is 3.27. The Bertz CT molecular complexity index is 345. The van der Waals surface area contributed by atoms with Gasteiger partial charge in [-0.15, -0.1) is 0 Å². The summed E-state index contributed by atoms with van der Waals surface area (Å²) < 4.78 is 0. The maximum Gasteiger partial charge on any atom is 0.225 e. The van der Waals surface area contributed by atoms with Crippen LogP contribution in [0.15, 0.2) is 0 Å². The second-order valence-corrected chi connectivity index (χ2v) is 6.19. The first kappa shape index (κ1) is 15.3. The fraction of sp³-hybridized carbons (Fsp3) is 0.867. The van der Waals surface area contributed by atoms with Crippen LogP contribution >= 0.6 is 0 Å². The fourth-order valence-corrected chi connectivity index (χ4v) is 2.55. The third-order valence-electron chi connectivity index (χ3n) is 3.99. The number of hydrogen-bond donors (Lipinski definition) is 1. The molecule has 1 aliphatic carbocycles. The van der Waals surface area contributed by atoms with Gasteiger partial charge in [0.1, 0.15) is 0 Å². The Morgan fingerprint density at radius 2 is 1.70 bits per heavy atom. The number of piperazine rings is 1. The van der Waals surface area contributed by atoms with Crippen LogP contribution in [-0.4, -0.2) is 60.4 Å². The third kappa shape index (κ3) is 4.47. The molecular formula is C15H27N3O2. The Hall–Kier alpha value is -1.10. The van der Waals surface area contributed by atoms with Crippen LogP contribution in [-0.2, 0) is 9.59 Å². The SMILES string of the molecule is CC(C)NCCCC(=O)N1CCN(C(=O)C2CC2)CC1. The molecule has 2 fully saturated rings. The highest BCUT2D eigenvalue weighted by Crippen LogP contribution is 2.31. The first-order valence-corrected chi connectivity index (χ1v) is 7.88. The van der Waals surface area contributed by atoms with Crippen LogP contribution in [0.3, 0.4) is 0 Å². The molecule has 0 spiro atoms. The quantitative estimate of drug-likeness (QED) is 0.734. The molecule has 2 aliphatic rings. The van der Waals surface area contributed by atoms with Gasteiger partial charge in [-0.2, -0.15) is 0 Å². The van der Waals surface area contributed by atoms with Crippen LogP contribution in [0.5, 0.6) is 0 Å². The first-order chi connectivity index (χ1) is 9.58. The normalized spacial score (nSPS) is 19.6. The molecule has 1 saturated heterocycles. The van der Waals surface area contributed by atoms with Crippen molar-refractivity contribution in [2.75, 3.05) is 32.7 Å². The van der Waals surface area contributed by atoms with Crippen molar-refractivity contribution in [3.05, 3.63) is 0 Å². The number of rotatable bonds is 6. The summed E-state index contributed by atoms with van der Waals surface area (Å²) in [7, 11) is 0. The van der Waals surface area contributed by atoms with Gasteiger partial charge in [0.2, 0.25) is 11.8 Å². The second kappa shape index (κ2) is 7.07. The van der Waals surface area contributed by atoms with Crippen molar-refractivity contribution in [3.63, 3.8) is 0 Å². The van der Waals surface area contributed by atoms with E-state index in [2.05, 4.69) is 19.2 Å². The average molecular weight is 281 g/mol. The Morgan fingerprint density at radius 3 is 2.25 bits per heavy atom. The van der Waals surface area contributed by atoms with Gasteiger partial charge in [0.25, 0.3) is 0 Å². The van der Waals surface area contributed by atoms with E-state index < -0.39 is 0 Å². The van der Waals surface area contributed by atoms with Crippen molar-refractivity contribution < 1.29 is 9.59 Å². The molecule has 0 aromatic heterocycles. The van der Waals surface area contributed by atoms with E-state index in [4.69, 9.17) is 0 Å². The van der Waals surface area contributed by atoms with Gasteiger partial charge in [0, 0.05) is 44.6 Å². The molecule has 1 saturated carbocycles. The van der Waals surface area contributed by atoms with Crippen LogP contribution in [0.25, 0.3) is 0 Å². The maximum absolute atomic E-state index is 12.1. The fourth-order valence-electron chi connectivity index (χ4n) is 2.55. The lowest BCUT2D eigenvalue weighted by molar-refractivity contribution is -0.140. The second-order valence-electron chi connectivity index (χ2n) is 6.19. The lowest BCUT2D eigenvalue weighted by Gasteiger charge is -2.35. The molecule has 0 unspecified atom stereocenters. The molecule has 0 bridgehead atoms. The monoisotopic (exact) mass is 281 g/mol. The summed E-state index contributed by atoms with van der Waals surface area (Å²) in [4.78, 5) is 27.8. The molecule has 2 rings (SSSR count). The van der Waals surface area contributed by atoms with Crippen LogP contribution in [0, 0.1) is 5.92 Å². The summed E-state index contributed by atoms with van der Waals surface area (Å²) in [5.41, 5.74) is 0. The molecule has 0 radical (unpaired) electrons. The zero-order valence-corrected chi connectivity index (χ0v) is 12.7. The van der Waals surface area contributed by atoms with E-state index in [0.29, 0.717) is 50.5 Å². The Morgan fingerprint density at radius 1 is 1.10 bits per heavy atom. The van der Waals surface area contributed by atoms with Crippen LogP contribution in [0.4, 0.5) is 0 Å². The van der Waals surface area contributed by atoms with E-state index in [1.165, 1.54) is 0 Å². The smallest absolute Gasteiger partial charge is 0.225 e. The van der Waals surface area contributed by atoms with E-state index in [1.807, 2.05) is 9.80 Å². The summed E-state index contributed by atoms with van der Waals surface area (Å²) in [5.74, 6) is 0.826. The van der Waals surface area contributed by atoms with E-state index in [1.54, 1.807) is 0 Å².